The predicted octanol–water partition coefficient (Wildman–Crippen LogP) is 2.81. The van der Waals surface area contributed by atoms with Crippen molar-refractivity contribution < 1.29 is 9.53 Å². The fraction of sp³-hybridized carbons (Fsp3) is 0.692. The molecule has 0 aliphatic heterocycles. The Morgan fingerprint density at radius 1 is 1.47 bits per heavy atom. The summed E-state index contributed by atoms with van der Waals surface area (Å²) in [7, 11) is 1.66. The SMILES string of the molecule is CCC(CC)n1cc(C=O)c(C(C)COC)n1. The van der Waals surface area contributed by atoms with Crippen molar-refractivity contribution in [1.82, 2.24) is 9.78 Å². The second kappa shape index (κ2) is 6.55. The van der Waals surface area contributed by atoms with E-state index < -0.39 is 0 Å². The highest BCUT2D eigenvalue weighted by atomic mass is 16.5. The fourth-order valence-electron chi connectivity index (χ4n) is 2.07. The van der Waals surface area contributed by atoms with Crippen LogP contribution in [0.15, 0.2) is 6.20 Å². The van der Waals surface area contributed by atoms with Gasteiger partial charge in [-0.1, -0.05) is 20.8 Å². The topological polar surface area (TPSA) is 44.1 Å². The Kier molecular flexibility index (Phi) is 5.35. The van der Waals surface area contributed by atoms with Crippen LogP contribution >= 0.6 is 0 Å². The van der Waals surface area contributed by atoms with Gasteiger partial charge in [0.15, 0.2) is 6.29 Å². The molecule has 1 heterocycles. The highest BCUT2D eigenvalue weighted by Crippen LogP contribution is 2.21. The summed E-state index contributed by atoms with van der Waals surface area (Å²) in [5, 5.41) is 4.55. The van der Waals surface area contributed by atoms with Crippen molar-refractivity contribution in [2.45, 2.75) is 45.6 Å². The minimum atomic E-state index is 0.149. The van der Waals surface area contributed by atoms with Crippen LogP contribution in [0.3, 0.4) is 0 Å². The van der Waals surface area contributed by atoms with Crippen LogP contribution in [-0.2, 0) is 4.74 Å². The molecular formula is C13H22N2O2. The Hall–Kier alpha value is -1.16. The van der Waals surface area contributed by atoms with Gasteiger partial charge in [0.1, 0.15) is 0 Å². The zero-order chi connectivity index (χ0) is 12.8. The molecule has 17 heavy (non-hydrogen) atoms. The molecular weight excluding hydrogens is 216 g/mol. The summed E-state index contributed by atoms with van der Waals surface area (Å²) in [5.41, 5.74) is 1.52. The lowest BCUT2D eigenvalue weighted by Crippen LogP contribution is -2.09. The number of carbonyl (C=O) groups is 1. The fourth-order valence-corrected chi connectivity index (χ4v) is 2.07. The van der Waals surface area contributed by atoms with Crippen LogP contribution in [0.25, 0.3) is 0 Å². The minimum absolute atomic E-state index is 0.149. The molecule has 0 amide bonds. The number of aldehydes is 1. The molecule has 1 aromatic heterocycles. The highest BCUT2D eigenvalue weighted by molar-refractivity contribution is 5.76. The summed E-state index contributed by atoms with van der Waals surface area (Å²) < 4.78 is 7.04. The number of hydrogen-bond donors (Lipinski definition) is 0. The van der Waals surface area contributed by atoms with Crippen LogP contribution in [0.5, 0.6) is 0 Å². The van der Waals surface area contributed by atoms with Gasteiger partial charge < -0.3 is 4.74 Å². The lowest BCUT2D eigenvalue weighted by Gasteiger charge is -2.13. The molecule has 0 fully saturated rings. The van der Waals surface area contributed by atoms with E-state index >= 15 is 0 Å². The van der Waals surface area contributed by atoms with E-state index in [-0.39, 0.29) is 5.92 Å². The molecule has 4 nitrogen and oxygen atoms in total. The third-order valence-electron chi connectivity index (χ3n) is 3.12. The summed E-state index contributed by atoms with van der Waals surface area (Å²) >= 11 is 0. The van der Waals surface area contributed by atoms with Crippen molar-refractivity contribution in [2.24, 2.45) is 0 Å². The molecule has 1 aromatic rings. The van der Waals surface area contributed by atoms with E-state index in [1.165, 1.54) is 0 Å². The van der Waals surface area contributed by atoms with E-state index in [9.17, 15) is 4.79 Å². The molecule has 0 aliphatic carbocycles. The van der Waals surface area contributed by atoms with Crippen molar-refractivity contribution >= 4 is 6.29 Å². The maximum atomic E-state index is 11.1. The second-order valence-corrected chi connectivity index (χ2v) is 4.39. The first-order valence-electron chi connectivity index (χ1n) is 6.20. The van der Waals surface area contributed by atoms with Crippen LogP contribution in [0.2, 0.25) is 0 Å². The molecule has 0 aliphatic rings. The Labute approximate surface area is 103 Å². The smallest absolute Gasteiger partial charge is 0.153 e. The molecule has 0 bridgehead atoms. The van der Waals surface area contributed by atoms with Crippen LogP contribution in [0.4, 0.5) is 0 Å². The first-order valence-corrected chi connectivity index (χ1v) is 6.20. The van der Waals surface area contributed by atoms with E-state index in [1.807, 2.05) is 17.8 Å². The van der Waals surface area contributed by atoms with Crippen molar-refractivity contribution in [2.75, 3.05) is 13.7 Å². The van der Waals surface area contributed by atoms with E-state index in [0.29, 0.717) is 18.2 Å². The van der Waals surface area contributed by atoms with Gasteiger partial charge in [0, 0.05) is 19.2 Å². The molecule has 1 atom stereocenters. The van der Waals surface area contributed by atoms with Crippen molar-refractivity contribution in [3.8, 4) is 0 Å². The molecule has 0 saturated heterocycles. The van der Waals surface area contributed by atoms with Gasteiger partial charge in [0.25, 0.3) is 0 Å². The van der Waals surface area contributed by atoms with Crippen LogP contribution < -0.4 is 0 Å². The largest absolute Gasteiger partial charge is 0.384 e. The van der Waals surface area contributed by atoms with Crippen molar-refractivity contribution in [3.63, 3.8) is 0 Å². The average molecular weight is 238 g/mol. The van der Waals surface area contributed by atoms with Gasteiger partial charge in [-0.05, 0) is 12.8 Å². The van der Waals surface area contributed by atoms with Gasteiger partial charge in [0.05, 0.1) is 23.9 Å². The quantitative estimate of drug-likeness (QED) is 0.686. The Bertz CT molecular complexity index is 356. The van der Waals surface area contributed by atoms with Crippen LogP contribution in [0.1, 0.15) is 61.6 Å². The van der Waals surface area contributed by atoms with Crippen molar-refractivity contribution in [1.29, 1.82) is 0 Å². The molecule has 96 valence electrons. The van der Waals surface area contributed by atoms with Gasteiger partial charge >= 0.3 is 0 Å². The molecule has 0 aromatic carbocycles. The van der Waals surface area contributed by atoms with Gasteiger partial charge in [-0.3, -0.25) is 9.48 Å². The summed E-state index contributed by atoms with van der Waals surface area (Å²) in [6.07, 6.45) is 4.78. The third-order valence-corrected chi connectivity index (χ3v) is 3.12. The van der Waals surface area contributed by atoms with E-state index in [2.05, 4.69) is 18.9 Å². The summed E-state index contributed by atoms with van der Waals surface area (Å²) in [6.45, 7) is 6.88. The minimum Gasteiger partial charge on any atom is -0.384 e. The van der Waals surface area contributed by atoms with E-state index in [4.69, 9.17) is 4.74 Å². The molecule has 0 N–H and O–H groups in total. The zero-order valence-corrected chi connectivity index (χ0v) is 11.1. The summed E-state index contributed by atoms with van der Waals surface area (Å²) in [4.78, 5) is 11.1. The van der Waals surface area contributed by atoms with E-state index in [1.54, 1.807) is 7.11 Å². The van der Waals surface area contributed by atoms with Gasteiger partial charge in [0.2, 0.25) is 0 Å². The number of methoxy groups -OCH3 is 1. The maximum Gasteiger partial charge on any atom is 0.153 e. The van der Waals surface area contributed by atoms with Gasteiger partial charge in [-0.2, -0.15) is 5.10 Å². The van der Waals surface area contributed by atoms with Gasteiger partial charge in [-0.15, -0.1) is 0 Å². The average Bonchev–Trinajstić information content (AvgIpc) is 2.75. The van der Waals surface area contributed by atoms with E-state index in [0.717, 1.165) is 24.8 Å². The lowest BCUT2D eigenvalue weighted by molar-refractivity contribution is 0.112. The molecule has 0 saturated carbocycles. The Morgan fingerprint density at radius 3 is 2.59 bits per heavy atom. The number of aromatic nitrogens is 2. The standard InChI is InChI=1S/C13H22N2O2/c1-5-12(6-2)15-7-11(8-16)13(14-15)10(3)9-17-4/h7-8,10,12H,5-6,9H2,1-4H3. The number of ether oxygens (including phenoxy) is 1. The molecule has 0 radical (unpaired) electrons. The molecule has 0 spiro atoms. The lowest BCUT2D eigenvalue weighted by atomic mass is 10.1. The second-order valence-electron chi connectivity index (χ2n) is 4.39. The molecule has 1 unspecified atom stereocenters. The first-order chi connectivity index (χ1) is 8.17. The number of nitrogens with zero attached hydrogens (tertiary/aromatic N) is 2. The number of carbonyl (C=O) groups excluding carboxylic acids is 1. The normalized spacial score (nSPS) is 13.0. The molecule has 4 heteroatoms. The Balaban J connectivity index is 3.01. The monoisotopic (exact) mass is 238 g/mol. The third kappa shape index (κ3) is 3.16. The Morgan fingerprint density at radius 2 is 2.12 bits per heavy atom. The van der Waals surface area contributed by atoms with Crippen LogP contribution in [0, 0.1) is 0 Å². The van der Waals surface area contributed by atoms with Crippen molar-refractivity contribution in [3.05, 3.63) is 17.5 Å². The van der Waals surface area contributed by atoms with Gasteiger partial charge in [-0.25, -0.2) is 0 Å². The number of hydrogen-bond acceptors (Lipinski definition) is 3. The first kappa shape index (κ1) is 13.9. The number of rotatable bonds is 7. The summed E-state index contributed by atoms with van der Waals surface area (Å²) in [6, 6.07) is 0.372. The predicted molar refractivity (Wildman–Crippen MR) is 67.5 cm³/mol. The van der Waals surface area contributed by atoms with Crippen LogP contribution in [-0.4, -0.2) is 29.8 Å². The molecule has 1 rings (SSSR count). The highest BCUT2D eigenvalue weighted by Gasteiger charge is 2.17. The maximum absolute atomic E-state index is 11.1. The zero-order valence-electron chi connectivity index (χ0n) is 11.1. The summed E-state index contributed by atoms with van der Waals surface area (Å²) in [5.74, 6) is 0.149.